The molecule has 2 aromatic carbocycles. The molecule has 0 heterocycles. The Bertz CT molecular complexity index is 703. The van der Waals surface area contributed by atoms with Crippen molar-refractivity contribution < 1.29 is 4.79 Å². The van der Waals surface area contributed by atoms with Crippen LogP contribution in [0.4, 0.5) is 11.4 Å². The molecule has 0 radical (unpaired) electrons. The van der Waals surface area contributed by atoms with Gasteiger partial charge in [-0.25, -0.2) is 0 Å². The van der Waals surface area contributed by atoms with Crippen LogP contribution < -0.4 is 16.4 Å². The lowest BCUT2D eigenvalue weighted by molar-refractivity contribution is -0.117. The van der Waals surface area contributed by atoms with Gasteiger partial charge in [-0.2, -0.15) is 0 Å². The molecular formula is C19H24ClN3O. The Morgan fingerprint density at radius 1 is 1.25 bits per heavy atom. The first-order chi connectivity index (χ1) is 11.5. The summed E-state index contributed by atoms with van der Waals surface area (Å²) in [6.45, 7) is 5.29. The summed E-state index contributed by atoms with van der Waals surface area (Å²) in [5.41, 5.74) is 9.56. The van der Waals surface area contributed by atoms with E-state index >= 15 is 0 Å². The number of hydrogen-bond acceptors (Lipinski definition) is 3. The van der Waals surface area contributed by atoms with Crippen LogP contribution in [0.15, 0.2) is 42.5 Å². The van der Waals surface area contributed by atoms with Crippen LogP contribution in [0, 0.1) is 6.92 Å². The van der Waals surface area contributed by atoms with Crippen molar-refractivity contribution in [3.8, 4) is 0 Å². The van der Waals surface area contributed by atoms with E-state index in [9.17, 15) is 4.79 Å². The van der Waals surface area contributed by atoms with Gasteiger partial charge in [0.25, 0.3) is 0 Å². The number of amides is 1. The second-order valence-corrected chi connectivity index (χ2v) is 6.23. The van der Waals surface area contributed by atoms with Crippen LogP contribution >= 0.6 is 11.6 Å². The van der Waals surface area contributed by atoms with E-state index in [0.29, 0.717) is 5.02 Å². The van der Waals surface area contributed by atoms with Crippen molar-refractivity contribution >= 4 is 28.9 Å². The summed E-state index contributed by atoms with van der Waals surface area (Å²) >= 11 is 6.01. The van der Waals surface area contributed by atoms with Crippen molar-refractivity contribution in [3.05, 3.63) is 58.6 Å². The molecule has 0 aliphatic carbocycles. The number of carbonyl (C=O) groups is 1. The third-order valence-electron chi connectivity index (χ3n) is 3.86. The first-order valence-corrected chi connectivity index (χ1v) is 8.53. The predicted molar refractivity (Wildman–Crippen MR) is 102 cm³/mol. The van der Waals surface area contributed by atoms with Gasteiger partial charge in [-0.1, -0.05) is 30.7 Å². The van der Waals surface area contributed by atoms with Crippen LogP contribution in [-0.2, 0) is 4.79 Å². The van der Waals surface area contributed by atoms with Crippen LogP contribution in [0.3, 0.4) is 0 Å². The van der Waals surface area contributed by atoms with Crippen LogP contribution in [0.2, 0.25) is 5.02 Å². The lowest BCUT2D eigenvalue weighted by atomic mass is 9.98. The zero-order valence-corrected chi connectivity index (χ0v) is 14.9. The van der Waals surface area contributed by atoms with Crippen LogP contribution in [-0.4, -0.2) is 19.0 Å². The summed E-state index contributed by atoms with van der Waals surface area (Å²) in [4.78, 5) is 12.6. The Morgan fingerprint density at radius 3 is 2.67 bits per heavy atom. The van der Waals surface area contributed by atoms with Gasteiger partial charge in [0.15, 0.2) is 0 Å². The van der Waals surface area contributed by atoms with Gasteiger partial charge in [0.05, 0.1) is 5.92 Å². The standard InChI is InChI=1S/C19H24ClN3O/c1-3-9-22-18-8-7-16(10-13(18)2)23-19(24)17(12-21)14-5-4-6-15(20)11-14/h4-8,10-11,17,22H,3,9,12,21H2,1-2H3,(H,23,24). The fraction of sp³-hybridized carbons (Fsp3) is 0.316. The van der Waals surface area contributed by atoms with Crippen molar-refractivity contribution in [1.82, 2.24) is 0 Å². The highest BCUT2D eigenvalue weighted by Gasteiger charge is 2.19. The average molecular weight is 346 g/mol. The van der Waals surface area contributed by atoms with Crippen LogP contribution in [0.1, 0.15) is 30.4 Å². The molecule has 1 atom stereocenters. The maximum atomic E-state index is 12.6. The van der Waals surface area contributed by atoms with Crippen molar-refractivity contribution in [3.63, 3.8) is 0 Å². The topological polar surface area (TPSA) is 67.1 Å². The molecule has 128 valence electrons. The fourth-order valence-corrected chi connectivity index (χ4v) is 2.75. The highest BCUT2D eigenvalue weighted by atomic mass is 35.5. The lowest BCUT2D eigenvalue weighted by Crippen LogP contribution is -2.27. The normalized spacial score (nSPS) is 11.8. The first-order valence-electron chi connectivity index (χ1n) is 8.16. The highest BCUT2D eigenvalue weighted by molar-refractivity contribution is 6.30. The molecule has 2 rings (SSSR count). The number of carbonyl (C=O) groups excluding carboxylic acids is 1. The molecule has 0 aromatic heterocycles. The van der Waals surface area contributed by atoms with E-state index < -0.39 is 5.92 Å². The molecule has 24 heavy (non-hydrogen) atoms. The van der Waals surface area contributed by atoms with Crippen LogP contribution in [0.25, 0.3) is 0 Å². The molecule has 0 fully saturated rings. The molecular weight excluding hydrogens is 322 g/mol. The minimum absolute atomic E-state index is 0.131. The Labute approximate surface area is 148 Å². The van der Waals surface area contributed by atoms with Gasteiger partial charge in [0.2, 0.25) is 5.91 Å². The Hall–Kier alpha value is -2.04. The molecule has 0 saturated heterocycles. The molecule has 1 amide bonds. The molecule has 0 saturated carbocycles. The highest BCUT2D eigenvalue weighted by Crippen LogP contribution is 2.23. The number of rotatable bonds is 7. The minimum atomic E-state index is -0.429. The molecule has 4 nitrogen and oxygen atoms in total. The van der Waals surface area contributed by atoms with Gasteiger partial charge >= 0.3 is 0 Å². The number of benzene rings is 2. The minimum Gasteiger partial charge on any atom is -0.385 e. The molecule has 0 aliphatic heterocycles. The van der Waals surface area contributed by atoms with E-state index in [4.69, 9.17) is 17.3 Å². The second-order valence-electron chi connectivity index (χ2n) is 5.79. The number of nitrogens with two attached hydrogens (primary N) is 1. The largest absolute Gasteiger partial charge is 0.385 e. The van der Waals surface area contributed by atoms with E-state index in [-0.39, 0.29) is 12.5 Å². The van der Waals surface area contributed by atoms with Gasteiger partial charge in [0.1, 0.15) is 0 Å². The lowest BCUT2D eigenvalue weighted by Gasteiger charge is -2.17. The van der Waals surface area contributed by atoms with E-state index in [1.807, 2.05) is 37.3 Å². The smallest absolute Gasteiger partial charge is 0.233 e. The van der Waals surface area contributed by atoms with Gasteiger partial charge in [-0.3, -0.25) is 4.79 Å². The Morgan fingerprint density at radius 2 is 2.04 bits per heavy atom. The molecule has 0 bridgehead atoms. The zero-order valence-electron chi connectivity index (χ0n) is 14.1. The number of aryl methyl sites for hydroxylation is 1. The quantitative estimate of drug-likeness (QED) is 0.706. The molecule has 1 unspecified atom stereocenters. The third kappa shape index (κ3) is 4.73. The number of nitrogens with one attached hydrogen (secondary N) is 2. The number of hydrogen-bond donors (Lipinski definition) is 3. The maximum absolute atomic E-state index is 12.6. The second kappa shape index (κ2) is 8.71. The van der Waals surface area contributed by atoms with Gasteiger partial charge in [-0.15, -0.1) is 0 Å². The fourth-order valence-electron chi connectivity index (χ4n) is 2.55. The molecule has 5 heteroatoms. The van der Waals surface area contributed by atoms with Crippen LogP contribution in [0.5, 0.6) is 0 Å². The van der Waals surface area contributed by atoms with E-state index in [2.05, 4.69) is 17.6 Å². The third-order valence-corrected chi connectivity index (χ3v) is 4.10. The molecule has 0 aliphatic rings. The summed E-state index contributed by atoms with van der Waals surface area (Å²) in [6, 6.07) is 13.1. The number of halogens is 1. The van der Waals surface area contributed by atoms with Gasteiger partial charge < -0.3 is 16.4 Å². The summed E-state index contributed by atoms with van der Waals surface area (Å²) in [7, 11) is 0. The zero-order chi connectivity index (χ0) is 17.5. The molecule has 4 N–H and O–H groups in total. The summed E-state index contributed by atoms with van der Waals surface area (Å²) in [6.07, 6.45) is 1.07. The van der Waals surface area contributed by atoms with Crippen molar-refractivity contribution in [2.75, 3.05) is 23.7 Å². The molecule has 2 aromatic rings. The van der Waals surface area contributed by atoms with E-state index in [1.54, 1.807) is 12.1 Å². The maximum Gasteiger partial charge on any atom is 0.233 e. The molecule has 0 spiro atoms. The van der Waals surface area contributed by atoms with Crippen molar-refractivity contribution in [2.45, 2.75) is 26.2 Å². The van der Waals surface area contributed by atoms with Gasteiger partial charge in [0, 0.05) is 29.5 Å². The Kier molecular flexibility index (Phi) is 6.64. The predicted octanol–water partition coefficient (Wildman–Crippen LogP) is 4.15. The average Bonchev–Trinajstić information content (AvgIpc) is 2.55. The van der Waals surface area contributed by atoms with E-state index in [1.165, 1.54) is 0 Å². The number of anilines is 2. The van der Waals surface area contributed by atoms with Crippen molar-refractivity contribution in [1.29, 1.82) is 0 Å². The summed E-state index contributed by atoms with van der Waals surface area (Å²) in [5, 5.41) is 6.91. The summed E-state index contributed by atoms with van der Waals surface area (Å²) < 4.78 is 0. The van der Waals surface area contributed by atoms with Gasteiger partial charge in [-0.05, 0) is 54.8 Å². The first kappa shape index (κ1) is 18.3. The summed E-state index contributed by atoms with van der Waals surface area (Å²) in [5.74, 6) is -0.560. The SMILES string of the molecule is CCCNc1ccc(NC(=O)C(CN)c2cccc(Cl)c2)cc1C. The van der Waals surface area contributed by atoms with E-state index in [0.717, 1.165) is 35.5 Å². The Balaban J connectivity index is 2.11. The van der Waals surface area contributed by atoms with Crippen molar-refractivity contribution in [2.24, 2.45) is 5.73 Å². The monoisotopic (exact) mass is 345 g/mol.